The summed E-state index contributed by atoms with van der Waals surface area (Å²) in [5, 5.41) is 10.8. The number of nitro groups is 1. The van der Waals surface area contributed by atoms with Gasteiger partial charge in [-0.1, -0.05) is 29.3 Å². The summed E-state index contributed by atoms with van der Waals surface area (Å²) >= 11 is 5.86. The molecule has 0 N–H and O–H groups in total. The van der Waals surface area contributed by atoms with Crippen LogP contribution in [0.3, 0.4) is 0 Å². The summed E-state index contributed by atoms with van der Waals surface area (Å²) in [5.41, 5.74) is 0.845. The zero-order valence-electron chi connectivity index (χ0n) is 12.3. The van der Waals surface area contributed by atoms with E-state index in [4.69, 9.17) is 21.1 Å². The van der Waals surface area contributed by atoms with Crippen molar-refractivity contribution < 1.29 is 19.2 Å². The minimum Gasteiger partial charge on any atom is -0.490 e. The molecule has 0 amide bonds. The number of carbonyl (C=O) groups is 1. The van der Waals surface area contributed by atoms with Crippen LogP contribution in [0, 0.1) is 17.0 Å². The summed E-state index contributed by atoms with van der Waals surface area (Å²) in [5.74, 6) is -0.0637. The maximum atomic E-state index is 11.9. The van der Waals surface area contributed by atoms with Gasteiger partial charge in [0.05, 0.1) is 15.5 Å². The summed E-state index contributed by atoms with van der Waals surface area (Å²) in [6.07, 6.45) is 0. The van der Waals surface area contributed by atoms with Crippen LogP contribution in [0.2, 0.25) is 5.02 Å². The zero-order chi connectivity index (χ0) is 16.8. The van der Waals surface area contributed by atoms with Gasteiger partial charge in [-0.15, -0.1) is 0 Å². The van der Waals surface area contributed by atoms with Crippen LogP contribution in [0.25, 0.3) is 0 Å². The van der Waals surface area contributed by atoms with Crippen molar-refractivity contribution in [1.29, 1.82) is 0 Å². The molecule has 7 heteroatoms. The molecule has 0 saturated heterocycles. The fourth-order valence-electron chi connectivity index (χ4n) is 1.79. The molecule has 0 aliphatic rings. The number of halogens is 1. The maximum Gasteiger partial charge on any atom is 0.340 e. The first-order valence-corrected chi connectivity index (χ1v) is 7.15. The van der Waals surface area contributed by atoms with E-state index in [0.717, 1.165) is 11.6 Å². The Balaban J connectivity index is 1.88. The highest BCUT2D eigenvalue weighted by Gasteiger charge is 2.17. The van der Waals surface area contributed by atoms with Gasteiger partial charge in [0.1, 0.15) is 19.0 Å². The number of esters is 1. The van der Waals surface area contributed by atoms with Crippen molar-refractivity contribution in [2.24, 2.45) is 0 Å². The standard InChI is InChI=1S/C16H14ClNO5/c1-11-2-5-13(6-3-11)22-8-9-23-16(19)14-10-12(18(20)21)4-7-15(14)17/h2-7,10H,8-9H2,1H3. The summed E-state index contributed by atoms with van der Waals surface area (Å²) in [7, 11) is 0. The first-order chi connectivity index (χ1) is 11.0. The molecular formula is C16H14ClNO5. The number of hydrogen-bond donors (Lipinski definition) is 0. The van der Waals surface area contributed by atoms with E-state index >= 15 is 0 Å². The van der Waals surface area contributed by atoms with Gasteiger partial charge in [0.15, 0.2) is 0 Å². The maximum absolute atomic E-state index is 11.9. The van der Waals surface area contributed by atoms with Crippen LogP contribution in [0.5, 0.6) is 5.75 Å². The topological polar surface area (TPSA) is 78.7 Å². The number of ether oxygens (including phenoxy) is 2. The Kier molecular flexibility index (Phi) is 5.54. The first kappa shape index (κ1) is 16.8. The molecular weight excluding hydrogens is 322 g/mol. The Bertz CT molecular complexity index is 715. The Morgan fingerprint density at radius 3 is 2.52 bits per heavy atom. The van der Waals surface area contributed by atoms with Crippen LogP contribution < -0.4 is 4.74 Å². The molecule has 23 heavy (non-hydrogen) atoms. The molecule has 0 bridgehead atoms. The van der Waals surface area contributed by atoms with Gasteiger partial charge in [-0.2, -0.15) is 0 Å². The van der Waals surface area contributed by atoms with Gasteiger partial charge < -0.3 is 9.47 Å². The number of rotatable bonds is 6. The predicted molar refractivity (Wildman–Crippen MR) is 85.1 cm³/mol. The van der Waals surface area contributed by atoms with E-state index in [0.29, 0.717) is 5.75 Å². The SMILES string of the molecule is Cc1ccc(OCCOC(=O)c2cc([N+](=O)[O-])ccc2Cl)cc1. The monoisotopic (exact) mass is 335 g/mol. The summed E-state index contributed by atoms with van der Waals surface area (Å²) < 4.78 is 10.4. The van der Waals surface area contributed by atoms with Crippen LogP contribution in [0.15, 0.2) is 42.5 Å². The van der Waals surface area contributed by atoms with Crippen molar-refractivity contribution >= 4 is 23.3 Å². The van der Waals surface area contributed by atoms with Gasteiger partial charge in [0.2, 0.25) is 0 Å². The second-order valence-electron chi connectivity index (χ2n) is 4.72. The van der Waals surface area contributed by atoms with Crippen LogP contribution in [-0.4, -0.2) is 24.1 Å². The quantitative estimate of drug-likeness (QED) is 0.347. The molecule has 120 valence electrons. The largest absolute Gasteiger partial charge is 0.490 e. The number of carbonyl (C=O) groups excluding carboxylic acids is 1. The Labute approximate surface area is 137 Å². The fourth-order valence-corrected chi connectivity index (χ4v) is 1.98. The second kappa shape index (κ2) is 7.60. The normalized spacial score (nSPS) is 10.2. The summed E-state index contributed by atoms with van der Waals surface area (Å²) in [6.45, 7) is 2.14. The fraction of sp³-hybridized carbons (Fsp3) is 0.188. The predicted octanol–water partition coefficient (Wildman–Crippen LogP) is 3.79. The smallest absolute Gasteiger partial charge is 0.340 e. The molecule has 2 rings (SSSR count). The van der Waals surface area contributed by atoms with Crippen molar-refractivity contribution in [3.8, 4) is 5.75 Å². The van der Waals surface area contributed by atoms with E-state index in [9.17, 15) is 14.9 Å². The lowest BCUT2D eigenvalue weighted by atomic mass is 10.2. The minimum atomic E-state index is -0.730. The number of nitrogens with zero attached hydrogens (tertiary/aromatic N) is 1. The highest BCUT2D eigenvalue weighted by Crippen LogP contribution is 2.22. The molecule has 0 radical (unpaired) electrons. The lowest BCUT2D eigenvalue weighted by Crippen LogP contribution is -2.13. The zero-order valence-corrected chi connectivity index (χ0v) is 13.1. The van der Waals surface area contributed by atoms with Crippen molar-refractivity contribution in [2.75, 3.05) is 13.2 Å². The van der Waals surface area contributed by atoms with Gasteiger partial charge in [-0.05, 0) is 25.1 Å². The number of benzene rings is 2. The molecule has 0 saturated carbocycles. The van der Waals surface area contributed by atoms with E-state index in [2.05, 4.69) is 0 Å². The van der Waals surface area contributed by atoms with Gasteiger partial charge in [-0.25, -0.2) is 4.79 Å². The van der Waals surface area contributed by atoms with E-state index in [1.54, 1.807) is 0 Å². The third-order valence-electron chi connectivity index (χ3n) is 2.99. The second-order valence-corrected chi connectivity index (χ2v) is 5.13. The average Bonchev–Trinajstić information content (AvgIpc) is 2.53. The molecule has 0 unspecified atom stereocenters. The van der Waals surface area contributed by atoms with Crippen LogP contribution in [-0.2, 0) is 4.74 Å². The third kappa shape index (κ3) is 4.69. The highest BCUT2D eigenvalue weighted by atomic mass is 35.5. The van der Waals surface area contributed by atoms with Gasteiger partial charge >= 0.3 is 5.97 Å². The average molecular weight is 336 g/mol. The number of nitro benzene ring substituents is 1. The van der Waals surface area contributed by atoms with Crippen LogP contribution in [0.4, 0.5) is 5.69 Å². The summed E-state index contributed by atoms with van der Waals surface area (Å²) in [4.78, 5) is 22.0. The molecule has 0 aliphatic heterocycles. The lowest BCUT2D eigenvalue weighted by molar-refractivity contribution is -0.384. The molecule has 2 aromatic rings. The molecule has 0 aliphatic carbocycles. The van der Waals surface area contributed by atoms with Crippen LogP contribution in [0.1, 0.15) is 15.9 Å². The first-order valence-electron chi connectivity index (χ1n) is 6.78. The van der Waals surface area contributed by atoms with Crippen molar-refractivity contribution in [3.05, 3.63) is 68.7 Å². The highest BCUT2D eigenvalue weighted by molar-refractivity contribution is 6.33. The van der Waals surface area contributed by atoms with Crippen molar-refractivity contribution in [2.45, 2.75) is 6.92 Å². The van der Waals surface area contributed by atoms with Crippen molar-refractivity contribution in [3.63, 3.8) is 0 Å². The number of non-ortho nitro benzene ring substituents is 1. The summed E-state index contributed by atoms with van der Waals surface area (Å²) in [6, 6.07) is 11.0. The molecule has 2 aromatic carbocycles. The molecule has 0 heterocycles. The number of hydrogen-bond acceptors (Lipinski definition) is 5. The van der Waals surface area contributed by atoms with Gasteiger partial charge in [-0.3, -0.25) is 10.1 Å². The molecule has 6 nitrogen and oxygen atoms in total. The molecule has 0 spiro atoms. The van der Waals surface area contributed by atoms with Gasteiger partial charge in [0, 0.05) is 12.1 Å². The minimum absolute atomic E-state index is 0.00569. The molecule has 0 fully saturated rings. The van der Waals surface area contributed by atoms with E-state index in [1.165, 1.54) is 12.1 Å². The van der Waals surface area contributed by atoms with E-state index in [-0.39, 0.29) is 29.5 Å². The lowest BCUT2D eigenvalue weighted by Gasteiger charge is -2.08. The van der Waals surface area contributed by atoms with E-state index in [1.807, 2.05) is 31.2 Å². The van der Waals surface area contributed by atoms with E-state index < -0.39 is 10.9 Å². The van der Waals surface area contributed by atoms with Gasteiger partial charge in [0.25, 0.3) is 5.69 Å². The Hall–Kier alpha value is -2.60. The number of aryl methyl sites for hydroxylation is 1. The Morgan fingerprint density at radius 2 is 1.87 bits per heavy atom. The molecule has 0 atom stereocenters. The Morgan fingerprint density at radius 1 is 1.17 bits per heavy atom. The van der Waals surface area contributed by atoms with Crippen molar-refractivity contribution in [1.82, 2.24) is 0 Å². The van der Waals surface area contributed by atoms with Crippen LogP contribution >= 0.6 is 11.6 Å². The molecule has 0 aromatic heterocycles. The third-order valence-corrected chi connectivity index (χ3v) is 3.32.